The third kappa shape index (κ3) is 3.31. The Bertz CT molecular complexity index is 379. The van der Waals surface area contributed by atoms with Crippen LogP contribution < -0.4 is 5.73 Å². The number of nitrogens with zero attached hydrogens (tertiary/aromatic N) is 2. The minimum Gasteiger partial charge on any atom is -0.409 e. The van der Waals surface area contributed by atoms with Gasteiger partial charge in [-0.25, -0.2) is 0 Å². The van der Waals surface area contributed by atoms with Gasteiger partial charge in [0.25, 0.3) is 0 Å². The van der Waals surface area contributed by atoms with Crippen molar-refractivity contribution in [1.82, 2.24) is 4.90 Å². The smallest absolute Gasteiger partial charge is 0.169 e. The van der Waals surface area contributed by atoms with Crippen LogP contribution in [-0.4, -0.2) is 73.2 Å². The first kappa shape index (κ1) is 15.0. The highest BCUT2D eigenvalue weighted by Gasteiger charge is 2.41. The lowest BCUT2D eigenvalue weighted by Crippen LogP contribution is -2.56. The Labute approximate surface area is 125 Å². The van der Waals surface area contributed by atoms with Gasteiger partial charge in [-0.1, -0.05) is 5.16 Å². The molecule has 7 nitrogen and oxygen atoms in total. The molecule has 0 radical (unpaired) electrons. The number of amidine groups is 1. The fraction of sp³-hybridized carbons (Fsp3) is 0.929. The number of rotatable bonds is 2. The lowest BCUT2D eigenvalue weighted by atomic mass is 9.83. The van der Waals surface area contributed by atoms with Crippen LogP contribution in [0.5, 0.6) is 0 Å². The summed E-state index contributed by atoms with van der Waals surface area (Å²) in [5, 5.41) is 11.9. The van der Waals surface area contributed by atoms with E-state index in [1.165, 1.54) is 0 Å². The predicted molar refractivity (Wildman–Crippen MR) is 76.5 cm³/mol. The maximum atomic E-state index is 8.81. The predicted octanol–water partition coefficient (Wildman–Crippen LogP) is 0.162. The van der Waals surface area contributed by atoms with Crippen molar-refractivity contribution in [2.24, 2.45) is 10.9 Å². The average Bonchev–Trinajstić information content (AvgIpc) is 2.55. The lowest BCUT2D eigenvalue weighted by Gasteiger charge is -2.47. The number of nitrogens with two attached hydrogens (primary N) is 1. The third-order valence-electron chi connectivity index (χ3n) is 4.93. The summed E-state index contributed by atoms with van der Waals surface area (Å²) >= 11 is 0. The molecule has 0 aromatic carbocycles. The van der Waals surface area contributed by atoms with Crippen LogP contribution in [0.15, 0.2) is 5.16 Å². The van der Waals surface area contributed by atoms with E-state index in [1.54, 1.807) is 0 Å². The molecule has 21 heavy (non-hydrogen) atoms. The van der Waals surface area contributed by atoms with E-state index in [-0.39, 0.29) is 17.5 Å². The van der Waals surface area contributed by atoms with E-state index >= 15 is 0 Å². The quantitative estimate of drug-likeness (QED) is 0.327. The van der Waals surface area contributed by atoms with Crippen LogP contribution in [0.25, 0.3) is 0 Å². The zero-order valence-electron chi connectivity index (χ0n) is 12.4. The molecule has 2 atom stereocenters. The molecule has 2 unspecified atom stereocenters. The first-order valence-corrected chi connectivity index (χ1v) is 7.77. The van der Waals surface area contributed by atoms with Crippen molar-refractivity contribution in [3.8, 4) is 0 Å². The SMILES string of the molecule is NC(=NO)C1CN(C2CCOC3(CCOCC3)C2)CCO1. The molecule has 3 N–H and O–H groups in total. The molecule has 3 saturated heterocycles. The van der Waals surface area contributed by atoms with Crippen molar-refractivity contribution in [3.63, 3.8) is 0 Å². The van der Waals surface area contributed by atoms with Gasteiger partial charge in [-0.2, -0.15) is 0 Å². The lowest BCUT2D eigenvalue weighted by molar-refractivity contribution is -0.157. The number of morpholine rings is 1. The molecule has 3 aliphatic heterocycles. The molecule has 0 bridgehead atoms. The maximum Gasteiger partial charge on any atom is 0.169 e. The number of hydrogen-bond donors (Lipinski definition) is 2. The number of ether oxygens (including phenoxy) is 3. The molecular weight excluding hydrogens is 274 g/mol. The minimum atomic E-state index is -0.308. The van der Waals surface area contributed by atoms with Gasteiger partial charge in [0, 0.05) is 39.0 Å². The molecule has 120 valence electrons. The van der Waals surface area contributed by atoms with Crippen molar-refractivity contribution in [2.45, 2.75) is 43.4 Å². The van der Waals surface area contributed by atoms with E-state index in [0.29, 0.717) is 19.2 Å². The van der Waals surface area contributed by atoms with Gasteiger partial charge < -0.3 is 25.2 Å². The van der Waals surface area contributed by atoms with Gasteiger partial charge in [0.05, 0.1) is 12.2 Å². The molecule has 3 aliphatic rings. The van der Waals surface area contributed by atoms with E-state index < -0.39 is 0 Å². The summed E-state index contributed by atoms with van der Waals surface area (Å²) in [6.07, 6.45) is 3.73. The maximum absolute atomic E-state index is 8.81. The van der Waals surface area contributed by atoms with Gasteiger partial charge in [-0.15, -0.1) is 0 Å². The molecule has 3 rings (SSSR count). The second-order valence-electron chi connectivity index (χ2n) is 6.17. The molecule has 7 heteroatoms. The highest BCUT2D eigenvalue weighted by molar-refractivity contribution is 5.84. The molecule has 3 fully saturated rings. The van der Waals surface area contributed by atoms with Gasteiger partial charge in [0.1, 0.15) is 6.10 Å². The van der Waals surface area contributed by atoms with E-state index in [0.717, 1.165) is 52.0 Å². The molecule has 0 aromatic rings. The Morgan fingerprint density at radius 3 is 2.81 bits per heavy atom. The van der Waals surface area contributed by atoms with Crippen molar-refractivity contribution in [3.05, 3.63) is 0 Å². The Morgan fingerprint density at radius 1 is 1.24 bits per heavy atom. The van der Waals surface area contributed by atoms with E-state index in [9.17, 15) is 0 Å². The summed E-state index contributed by atoms with van der Waals surface area (Å²) in [6, 6.07) is 0.481. The zero-order valence-corrected chi connectivity index (χ0v) is 12.4. The van der Waals surface area contributed by atoms with Gasteiger partial charge in [-0.3, -0.25) is 4.90 Å². The summed E-state index contributed by atoms with van der Waals surface area (Å²) in [4.78, 5) is 2.41. The molecule has 0 aliphatic carbocycles. The zero-order chi connectivity index (χ0) is 14.7. The minimum absolute atomic E-state index is 0.00835. The molecule has 0 aromatic heterocycles. The highest BCUT2D eigenvalue weighted by Crippen LogP contribution is 2.36. The fourth-order valence-corrected chi connectivity index (χ4v) is 3.65. The van der Waals surface area contributed by atoms with Crippen LogP contribution in [0.2, 0.25) is 0 Å². The van der Waals surface area contributed by atoms with Gasteiger partial charge >= 0.3 is 0 Å². The summed E-state index contributed by atoms with van der Waals surface area (Å²) in [5.74, 6) is 0.160. The van der Waals surface area contributed by atoms with Crippen LogP contribution in [0.3, 0.4) is 0 Å². The van der Waals surface area contributed by atoms with Crippen molar-refractivity contribution >= 4 is 5.84 Å². The second-order valence-corrected chi connectivity index (χ2v) is 6.17. The third-order valence-corrected chi connectivity index (χ3v) is 4.93. The first-order chi connectivity index (χ1) is 10.2. The monoisotopic (exact) mass is 299 g/mol. The Hall–Kier alpha value is -0.890. The fourth-order valence-electron chi connectivity index (χ4n) is 3.65. The van der Waals surface area contributed by atoms with E-state index in [1.807, 2.05) is 0 Å². The van der Waals surface area contributed by atoms with Crippen LogP contribution in [0.4, 0.5) is 0 Å². The highest BCUT2D eigenvalue weighted by atomic mass is 16.5. The van der Waals surface area contributed by atoms with E-state index in [4.69, 9.17) is 25.2 Å². The summed E-state index contributed by atoms with van der Waals surface area (Å²) in [7, 11) is 0. The standard InChI is InChI=1S/C14H25N3O4/c15-13(16-18)12-10-17(4-8-20-12)11-1-5-21-14(9-11)2-6-19-7-3-14/h11-12,18H,1-10H2,(H2,15,16). The van der Waals surface area contributed by atoms with Crippen molar-refractivity contribution in [2.75, 3.05) is 39.5 Å². The summed E-state index contributed by atoms with van der Waals surface area (Å²) in [6.45, 7) is 4.59. The Morgan fingerprint density at radius 2 is 2.05 bits per heavy atom. The second kappa shape index (κ2) is 6.48. The van der Waals surface area contributed by atoms with Crippen molar-refractivity contribution < 1.29 is 19.4 Å². The molecule has 1 spiro atoms. The van der Waals surface area contributed by atoms with E-state index in [2.05, 4.69) is 10.1 Å². The van der Waals surface area contributed by atoms with Crippen molar-refractivity contribution in [1.29, 1.82) is 0 Å². The Kier molecular flexibility index (Phi) is 4.63. The van der Waals surface area contributed by atoms with Crippen LogP contribution >= 0.6 is 0 Å². The topological polar surface area (TPSA) is 89.5 Å². The molecule has 0 amide bonds. The molecule has 3 heterocycles. The first-order valence-electron chi connectivity index (χ1n) is 7.77. The molecule has 0 saturated carbocycles. The largest absolute Gasteiger partial charge is 0.409 e. The van der Waals surface area contributed by atoms with Crippen LogP contribution in [0.1, 0.15) is 25.7 Å². The van der Waals surface area contributed by atoms with Gasteiger partial charge in [-0.05, 0) is 25.7 Å². The molecular formula is C14H25N3O4. The normalized spacial score (nSPS) is 35.0. The number of hydrogen-bond acceptors (Lipinski definition) is 6. The van der Waals surface area contributed by atoms with Gasteiger partial charge in [0.2, 0.25) is 0 Å². The summed E-state index contributed by atoms with van der Waals surface area (Å²) in [5.41, 5.74) is 5.67. The Balaban J connectivity index is 1.63. The van der Waals surface area contributed by atoms with Crippen LogP contribution in [-0.2, 0) is 14.2 Å². The van der Waals surface area contributed by atoms with Crippen LogP contribution in [0, 0.1) is 0 Å². The average molecular weight is 299 g/mol. The summed E-state index contributed by atoms with van der Waals surface area (Å²) < 4.78 is 17.1. The number of oxime groups is 1. The van der Waals surface area contributed by atoms with Gasteiger partial charge in [0.15, 0.2) is 5.84 Å².